The van der Waals surface area contributed by atoms with Crippen molar-refractivity contribution in [3.05, 3.63) is 29.8 Å². The number of carbonyl (C=O) groups is 1. The van der Waals surface area contributed by atoms with Crippen molar-refractivity contribution < 1.29 is 13.2 Å². The number of carbonyl (C=O) groups excluding carboxylic acids is 1. The van der Waals surface area contributed by atoms with Gasteiger partial charge >= 0.3 is 0 Å². The molecule has 0 spiro atoms. The predicted molar refractivity (Wildman–Crippen MR) is 76.7 cm³/mol. The molecule has 1 aliphatic heterocycles. The first kappa shape index (κ1) is 15.5. The van der Waals surface area contributed by atoms with Gasteiger partial charge in [0.2, 0.25) is 15.9 Å². The van der Waals surface area contributed by atoms with Gasteiger partial charge in [0, 0.05) is 26.1 Å². The van der Waals surface area contributed by atoms with Gasteiger partial charge in [0.25, 0.3) is 0 Å². The zero-order chi connectivity index (χ0) is 15.5. The summed E-state index contributed by atoms with van der Waals surface area (Å²) < 4.78 is 26.4. The first-order valence-corrected chi connectivity index (χ1v) is 8.15. The number of rotatable bonds is 3. The summed E-state index contributed by atoms with van der Waals surface area (Å²) in [5.74, 6) is -0.176. The Kier molecular flexibility index (Phi) is 4.60. The Morgan fingerprint density at radius 1 is 1.38 bits per heavy atom. The number of benzene rings is 1. The van der Waals surface area contributed by atoms with E-state index in [1.165, 1.54) is 16.4 Å². The van der Waals surface area contributed by atoms with E-state index >= 15 is 0 Å². The van der Waals surface area contributed by atoms with Crippen LogP contribution in [-0.2, 0) is 14.8 Å². The summed E-state index contributed by atoms with van der Waals surface area (Å²) >= 11 is 0. The zero-order valence-electron chi connectivity index (χ0n) is 11.7. The number of piperidine rings is 1. The highest BCUT2D eigenvalue weighted by atomic mass is 32.2. The average molecular weight is 307 g/mol. The molecule has 112 valence electrons. The molecular weight excluding hydrogens is 290 g/mol. The van der Waals surface area contributed by atoms with Crippen LogP contribution in [0, 0.1) is 17.2 Å². The summed E-state index contributed by atoms with van der Waals surface area (Å²) in [4.78, 5) is 11.7. The number of hydrogen-bond donors (Lipinski definition) is 1. The van der Waals surface area contributed by atoms with Crippen LogP contribution in [-0.4, -0.2) is 38.8 Å². The van der Waals surface area contributed by atoms with Gasteiger partial charge in [0.15, 0.2) is 0 Å². The fourth-order valence-electron chi connectivity index (χ4n) is 2.44. The highest BCUT2D eigenvalue weighted by Gasteiger charge is 2.31. The SMILES string of the molecule is CNC(=O)C1CCN(S(=O)(=O)c2cccc(C#N)c2)CC1. The third-order valence-corrected chi connectivity index (χ3v) is 5.57. The molecule has 1 fully saturated rings. The molecule has 0 aliphatic carbocycles. The van der Waals surface area contributed by atoms with Crippen LogP contribution in [0.2, 0.25) is 0 Å². The fraction of sp³-hybridized carbons (Fsp3) is 0.429. The number of sulfonamides is 1. The summed E-state index contributed by atoms with van der Waals surface area (Å²) in [5.41, 5.74) is 0.316. The smallest absolute Gasteiger partial charge is 0.243 e. The Labute approximate surface area is 124 Å². The molecule has 1 saturated heterocycles. The summed E-state index contributed by atoms with van der Waals surface area (Å²) in [6.07, 6.45) is 1.02. The lowest BCUT2D eigenvalue weighted by atomic mass is 9.97. The second-order valence-electron chi connectivity index (χ2n) is 4.93. The van der Waals surface area contributed by atoms with Crippen molar-refractivity contribution in [2.24, 2.45) is 5.92 Å². The molecule has 0 saturated carbocycles. The van der Waals surface area contributed by atoms with Crippen LogP contribution in [0.4, 0.5) is 0 Å². The van der Waals surface area contributed by atoms with Crippen LogP contribution >= 0.6 is 0 Å². The maximum Gasteiger partial charge on any atom is 0.243 e. The Balaban J connectivity index is 2.15. The van der Waals surface area contributed by atoms with Gasteiger partial charge in [0.05, 0.1) is 16.5 Å². The van der Waals surface area contributed by atoms with Gasteiger partial charge in [-0.2, -0.15) is 9.57 Å². The van der Waals surface area contributed by atoms with Gasteiger partial charge in [-0.25, -0.2) is 8.42 Å². The molecule has 1 aromatic carbocycles. The van der Waals surface area contributed by atoms with E-state index in [0.29, 0.717) is 31.5 Å². The van der Waals surface area contributed by atoms with Crippen molar-refractivity contribution >= 4 is 15.9 Å². The average Bonchev–Trinajstić information content (AvgIpc) is 2.54. The van der Waals surface area contributed by atoms with E-state index in [4.69, 9.17) is 5.26 Å². The molecule has 0 radical (unpaired) electrons. The minimum Gasteiger partial charge on any atom is -0.359 e. The van der Waals surface area contributed by atoms with E-state index in [-0.39, 0.29) is 16.7 Å². The summed E-state index contributed by atoms with van der Waals surface area (Å²) in [6.45, 7) is 0.633. The Bertz CT molecular complexity index is 671. The first-order chi connectivity index (χ1) is 9.98. The lowest BCUT2D eigenvalue weighted by Gasteiger charge is -2.30. The molecule has 1 aliphatic rings. The number of nitrogens with zero attached hydrogens (tertiary/aromatic N) is 2. The quantitative estimate of drug-likeness (QED) is 0.890. The molecule has 6 nitrogen and oxygen atoms in total. The van der Waals surface area contributed by atoms with E-state index in [1.807, 2.05) is 6.07 Å². The predicted octanol–water partition coefficient (Wildman–Crippen LogP) is 0.705. The third-order valence-electron chi connectivity index (χ3n) is 3.67. The van der Waals surface area contributed by atoms with Crippen molar-refractivity contribution in [1.29, 1.82) is 5.26 Å². The van der Waals surface area contributed by atoms with Gasteiger partial charge in [0.1, 0.15) is 0 Å². The van der Waals surface area contributed by atoms with Gasteiger partial charge in [-0.05, 0) is 31.0 Å². The Morgan fingerprint density at radius 2 is 2.05 bits per heavy atom. The monoisotopic (exact) mass is 307 g/mol. The van der Waals surface area contributed by atoms with Crippen molar-refractivity contribution in [3.63, 3.8) is 0 Å². The fourth-order valence-corrected chi connectivity index (χ4v) is 3.95. The van der Waals surface area contributed by atoms with Crippen LogP contribution in [0.1, 0.15) is 18.4 Å². The maximum atomic E-state index is 12.5. The highest BCUT2D eigenvalue weighted by molar-refractivity contribution is 7.89. The largest absolute Gasteiger partial charge is 0.359 e. The molecule has 0 aromatic heterocycles. The Morgan fingerprint density at radius 3 is 2.62 bits per heavy atom. The minimum absolute atomic E-state index is 0.0430. The molecule has 0 unspecified atom stereocenters. The van der Waals surface area contributed by atoms with E-state index in [1.54, 1.807) is 19.2 Å². The summed E-state index contributed by atoms with van der Waals surface area (Å²) in [5, 5.41) is 11.5. The zero-order valence-corrected chi connectivity index (χ0v) is 12.6. The second-order valence-corrected chi connectivity index (χ2v) is 6.87. The van der Waals surface area contributed by atoms with Crippen molar-refractivity contribution in [1.82, 2.24) is 9.62 Å². The Hall–Kier alpha value is -1.91. The molecule has 1 heterocycles. The van der Waals surface area contributed by atoms with Crippen LogP contribution in [0.25, 0.3) is 0 Å². The highest BCUT2D eigenvalue weighted by Crippen LogP contribution is 2.24. The number of amides is 1. The van der Waals surface area contributed by atoms with Crippen LogP contribution in [0.15, 0.2) is 29.2 Å². The molecule has 1 amide bonds. The van der Waals surface area contributed by atoms with Crippen molar-refractivity contribution in [2.45, 2.75) is 17.7 Å². The van der Waals surface area contributed by atoms with Crippen LogP contribution < -0.4 is 5.32 Å². The number of hydrogen-bond acceptors (Lipinski definition) is 4. The molecular formula is C14H17N3O3S. The molecule has 21 heavy (non-hydrogen) atoms. The van der Waals surface area contributed by atoms with E-state index in [9.17, 15) is 13.2 Å². The van der Waals surface area contributed by atoms with Crippen LogP contribution in [0.3, 0.4) is 0 Å². The van der Waals surface area contributed by atoms with E-state index in [2.05, 4.69) is 5.32 Å². The molecule has 2 rings (SSSR count). The number of nitriles is 1. The molecule has 0 bridgehead atoms. The standard InChI is InChI=1S/C14H17N3O3S/c1-16-14(18)12-5-7-17(8-6-12)21(19,20)13-4-2-3-11(9-13)10-15/h2-4,9,12H,5-8H2,1H3,(H,16,18). The summed E-state index contributed by atoms with van der Waals surface area (Å²) in [6, 6.07) is 7.92. The van der Waals surface area contributed by atoms with Crippen LogP contribution in [0.5, 0.6) is 0 Å². The third kappa shape index (κ3) is 3.23. The van der Waals surface area contributed by atoms with Gasteiger partial charge < -0.3 is 5.32 Å². The lowest BCUT2D eigenvalue weighted by Crippen LogP contribution is -2.42. The molecule has 1 N–H and O–H groups in total. The van der Waals surface area contributed by atoms with Crippen molar-refractivity contribution in [3.8, 4) is 6.07 Å². The second kappa shape index (κ2) is 6.24. The van der Waals surface area contributed by atoms with Crippen molar-refractivity contribution in [2.75, 3.05) is 20.1 Å². The van der Waals surface area contributed by atoms with E-state index < -0.39 is 10.0 Å². The minimum atomic E-state index is -3.60. The van der Waals surface area contributed by atoms with Gasteiger partial charge in [-0.1, -0.05) is 6.07 Å². The molecule has 0 atom stereocenters. The lowest BCUT2D eigenvalue weighted by molar-refractivity contribution is -0.125. The summed E-state index contributed by atoms with van der Waals surface area (Å²) in [7, 11) is -2.02. The topological polar surface area (TPSA) is 90.3 Å². The first-order valence-electron chi connectivity index (χ1n) is 6.71. The van der Waals surface area contributed by atoms with Gasteiger partial charge in [-0.3, -0.25) is 4.79 Å². The van der Waals surface area contributed by atoms with E-state index in [0.717, 1.165) is 0 Å². The molecule has 7 heteroatoms. The van der Waals surface area contributed by atoms with Gasteiger partial charge in [-0.15, -0.1) is 0 Å². The normalized spacial score (nSPS) is 17.1. The number of nitrogens with one attached hydrogen (secondary N) is 1. The molecule has 1 aromatic rings. The maximum absolute atomic E-state index is 12.5.